The van der Waals surface area contributed by atoms with E-state index in [1.807, 2.05) is 0 Å². The molecule has 4 rings (SSSR count). The van der Waals surface area contributed by atoms with E-state index in [1.165, 1.54) is 54.6 Å². The fourth-order valence-corrected chi connectivity index (χ4v) is 4.38. The van der Waals surface area contributed by atoms with Crippen LogP contribution in [0.15, 0.2) is 60.7 Å². The fraction of sp³-hybridized carbons (Fsp3) is 0.333. The van der Waals surface area contributed by atoms with Crippen molar-refractivity contribution in [3.8, 4) is 0 Å². The highest BCUT2D eigenvalue weighted by Gasteiger charge is 2.18. The fourth-order valence-electron chi connectivity index (χ4n) is 4.38. The molecule has 0 heteroatoms. The van der Waals surface area contributed by atoms with Gasteiger partial charge in [-0.05, 0) is 79.2 Å². The Morgan fingerprint density at radius 2 is 0.833 bits per heavy atom. The normalized spacial score (nSPS) is 12.7. The molecule has 154 valence electrons. The lowest BCUT2D eigenvalue weighted by molar-refractivity contribution is 0.591. The Balaban J connectivity index is 2.35. The van der Waals surface area contributed by atoms with Crippen LogP contribution in [0, 0.1) is 13.8 Å². The highest BCUT2D eigenvalue weighted by molar-refractivity contribution is 6.09. The molecule has 0 aliphatic rings. The van der Waals surface area contributed by atoms with Gasteiger partial charge in [0.05, 0.1) is 0 Å². The van der Waals surface area contributed by atoms with Crippen LogP contribution in [0.2, 0.25) is 0 Å². The first-order valence-electron chi connectivity index (χ1n) is 11.0. The van der Waals surface area contributed by atoms with Crippen LogP contribution in [0.3, 0.4) is 0 Å². The van der Waals surface area contributed by atoms with Crippen molar-refractivity contribution in [3.05, 3.63) is 82.9 Å². The summed E-state index contributed by atoms with van der Waals surface area (Å²) in [5, 5.41) is 7.99. The van der Waals surface area contributed by atoms with Gasteiger partial charge >= 0.3 is 0 Å². The van der Waals surface area contributed by atoms with Crippen LogP contribution >= 0.6 is 0 Å². The van der Waals surface area contributed by atoms with E-state index in [4.69, 9.17) is 0 Å². The summed E-state index contributed by atoms with van der Waals surface area (Å²) in [6.07, 6.45) is 0. The van der Waals surface area contributed by atoms with E-state index in [0.717, 1.165) is 0 Å². The van der Waals surface area contributed by atoms with Gasteiger partial charge in [-0.3, -0.25) is 0 Å². The standard InChI is InChI=1S/C30H34/c1-19-21-13-14-22-16-24(30(6,7)8)18-28(20(22)2)26-12-10-9-11-25(26)27(19)17-23(15-21)29(3,4)5/h9-18H,1-8H3. The average molecular weight is 395 g/mol. The lowest BCUT2D eigenvalue weighted by atomic mass is 9.82. The molecular formula is C30H34. The molecule has 0 aliphatic carbocycles. The molecule has 4 aromatic rings. The lowest BCUT2D eigenvalue weighted by Gasteiger charge is -2.22. The summed E-state index contributed by atoms with van der Waals surface area (Å²) >= 11 is 0. The molecule has 4 bridgehead atoms. The Morgan fingerprint density at radius 1 is 0.467 bits per heavy atom. The molecule has 0 spiro atoms. The summed E-state index contributed by atoms with van der Waals surface area (Å²) in [6.45, 7) is 18.3. The third-order valence-corrected chi connectivity index (χ3v) is 6.58. The van der Waals surface area contributed by atoms with Crippen LogP contribution in [0.4, 0.5) is 0 Å². The largest absolute Gasteiger partial charge is 0.0616 e. The van der Waals surface area contributed by atoms with E-state index in [0.29, 0.717) is 0 Å². The molecule has 4 aromatic carbocycles. The molecule has 0 unspecified atom stereocenters. The molecule has 0 radical (unpaired) electrons. The summed E-state index contributed by atoms with van der Waals surface area (Å²) in [5.41, 5.74) is 5.68. The molecule has 0 aliphatic heterocycles. The summed E-state index contributed by atoms with van der Waals surface area (Å²) in [6, 6.07) is 23.2. The van der Waals surface area contributed by atoms with Crippen LogP contribution in [-0.2, 0) is 10.8 Å². The van der Waals surface area contributed by atoms with Crippen molar-refractivity contribution in [2.75, 3.05) is 0 Å². The monoisotopic (exact) mass is 394 g/mol. The average Bonchev–Trinajstić information content (AvgIpc) is 2.66. The second-order valence-corrected chi connectivity index (χ2v) is 10.9. The van der Waals surface area contributed by atoms with Gasteiger partial charge in [0, 0.05) is 0 Å². The molecule has 30 heavy (non-hydrogen) atoms. The van der Waals surface area contributed by atoms with Crippen molar-refractivity contribution >= 4 is 32.3 Å². The quantitative estimate of drug-likeness (QED) is 0.279. The molecule has 0 saturated carbocycles. The summed E-state index contributed by atoms with van der Waals surface area (Å²) in [5.74, 6) is 0. The van der Waals surface area contributed by atoms with Crippen molar-refractivity contribution in [2.24, 2.45) is 0 Å². The van der Waals surface area contributed by atoms with Gasteiger partial charge in [0.2, 0.25) is 0 Å². The molecule has 0 N–H and O–H groups in total. The van der Waals surface area contributed by atoms with Gasteiger partial charge < -0.3 is 0 Å². The smallest absolute Gasteiger partial charge is 0.0102 e. The Bertz CT molecular complexity index is 1200. The Labute approximate surface area is 181 Å². The molecule has 0 saturated heterocycles. The molecule has 0 heterocycles. The second kappa shape index (κ2) is 6.98. The first kappa shape index (κ1) is 20.7. The van der Waals surface area contributed by atoms with Gasteiger partial charge in [0.1, 0.15) is 0 Å². The third kappa shape index (κ3) is 3.54. The van der Waals surface area contributed by atoms with Gasteiger partial charge in [-0.25, -0.2) is 0 Å². The van der Waals surface area contributed by atoms with E-state index in [9.17, 15) is 0 Å². The van der Waals surface area contributed by atoms with E-state index >= 15 is 0 Å². The predicted octanol–water partition coefficient (Wildman–Crippen LogP) is 8.92. The van der Waals surface area contributed by atoms with Crippen LogP contribution in [0.5, 0.6) is 0 Å². The number of hydrogen-bond donors (Lipinski definition) is 0. The van der Waals surface area contributed by atoms with Crippen LogP contribution < -0.4 is 0 Å². The lowest BCUT2D eigenvalue weighted by Crippen LogP contribution is -2.11. The predicted molar refractivity (Wildman–Crippen MR) is 135 cm³/mol. The maximum atomic E-state index is 2.41. The molecule has 0 atom stereocenters. The second-order valence-electron chi connectivity index (χ2n) is 10.9. The number of hydrogen-bond acceptors (Lipinski definition) is 0. The van der Waals surface area contributed by atoms with Crippen molar-refractivity contribution in [1.82, 2.24) is 0 Å². The van der Waals surface area contributed by atoms with E-state index in [1.54, 1.807) is 0 Å². The highest BCUT2D eigenvalue weighted by Crippen LogP contribution is 2.35. The molecule has 0 fully saturated rings. The van der Waals surface area contributed by atoms with Crippen LogP contribution in [0.25, 0.3) is 32.3 Å². The van der Waals surface area contributed by atoms with E-state index < -0.39 is 0 Å². The molecule has 0 nitrogen and oxygen atoms in total. The van der Waals surface area contributed by atoms with Gasteiger partial charge in [-0.1, -0.05) is 102 Å². The summed E-state index contributed by atoms with van der Waals surface area (Å²) in [7, 11) is 0. The molecular weight excluding hydrogens is 360 g/mol. The first-order valence-corrected chi connectivity index (χ1v) is 11.0. The van der Waals surface area contributed by atoms with Crippen molar-refractivity contribution in [3.63, 3.8) is 0 Å². The number of fused-ring (bicyclic) bond motifs is 7. The topological polar surface area (TPSA) is 0 Å². The third-order valence-electron chi connectivity index (χ3n) is 6.58. The Kier molecular flexibility index (Phi) is 4.81. The molecule has 0 amide bonds. The zero-order chi connectivity index (χ0) is 21.8. The minimum Gasteiger partial charge on any atom is -0.0616 e. The Hall–Kier alpha value is -2.60. The SMILES string of the molecule is Cc1c2ccc3cc(C(C)(C)C)cc(c3C)c3ccccc3c1cc(C(C)(C)C)c2. The van der Waals surface area contributed by atoms with E-state index in [2.05, 4.69) is 116 Å². The minimum absolute atomic E-state index is 0.105. The van der Waals surface area contributed by atoms with Crippen LogP contribution in [0.1, 0.15) is 63.8 Å². The molecule has 0 aromatic heterocycles. The maximum Gasteiger partial charge on any atom is -0.0102 e. The zero-order valence-electron chi connectivity index (χ0n) is 19.8. The van der Waals surface area contributed by atoms with Gasteiger partial charge in [0.15, 0.2) is 0 Å². The van der Waals surface area contributed by atoms with Crippen LogP contribution in [-0.4, -0.2) is 0 Å². The summed E-state index contributed by atoms with van der Waals surface area (Å²) in [4.78, 5) is 0. The van der Waals surface area contributed by atoms with E-state index in [-0.39, 0.29) is 10.8 Å². The van der Waals surface area contributed by atoms with Gasteiger partial charge in [0.25, 0.3) is 0 Å². The van der Waals surface area contributed by atoms with Crippen molar-refractivity contribution in [1.29, 1.82) is 0 Å². The highest BCUT2D eigenvalue weighted by atomic mass is 14.2. The van der Waals surface area contributed by atoms with Crippen molar-refractivity contribution < 1.29 is 0 Å². The number of aryl methyl sites for hydroxylation is 2. The van der Waals surface area contributed by atoms with Crippen molar-refractivity contribution in [2.45, 2.75) is 66.2 Å². The van der Waals surface area contributed by atoms with Gasteiger partial charge in [-0.15, -0.1) is 0 Å². The maximum absolute atomic E-state index is 2.41. The first-order chi connectivity index (χ1) is 14.0. The number of benzene rings is 3. The number of rotatable bonds is 0. The van der Waals surface area contributed by atoms with Gasteiger partial charge in [-0.2, -0.15) is 0 Å². The Morgan fingerprint density at radius 3 is 1.17 bits per heavy atom. The zero-order valence-corrected chi connectivity index (χ0v) is 19.8. The summed E-state index contributed by atoms with van der Waals surface area (Å²) < 4.78 is 0. The minimum atomic E-state index is 0.105.